The van der Waals surface area contributed by atoms with Gasteiger partial charge in [0.2, 0.25) is 0 Å². The minimum atomic E-state index is 0.202. The summed E-state index contributed by atoms with van der Waals surface area (Å²) in [4.78, 5) is 13.8. The molecule has 2 aliphatic rings. The molecule has 0 bridgehead atoms. The number of aliphatic hydroxyl groups is 1. The first-order chi connectivity index (χ1) is 11.8. The molecular formula is C17H25N4O2S+. The summed E-state index contributed by atoms with van der Waals surface area (Å²) in [5.41, 5.74) is 1.45. The monoisotopic (exact) mass is 349 g/mol. The summed E-state index contributed by atoms with van der Waals surface area (Å²) < 4.78 is 5.44. The molecule has 3 heterocycles. The molecule has 3 N–H and O–H groups in total. The molecule has 0 unspecified atom stereocenters. The van der Waals surface area contributed by atoms with Crippen LogP contribution in [0.1, 0.15) is 29.1 Å². The highest BCUT2D eigenvalue weighted by Crippen LogP contribution is 2.39. The Kier molecular flexibility index (Phi) is 4.93. The Balaban J connectivity index is 1.65. The zero-order valence-electron chi connectivity index (χ0n) is 13.9. The molecule has 0 spiro atoms. The number of nitrogens with zero attached hydrogens (tertiary/aromatic N) is 2. The maximum atomic E-state index is 9.06. The van der Waals surface area contributed by atoms with E-state index in [0.29, 0.717) is 0 Å². The molecule has 0 atom stereocenters. The van der Waals surface area contributed by atoms with Gasteiger partial charge in [-0.3, -0.25) is 0 Å². The summed E-state index contributed by atoms with van der Waals surface area (Å²) >= 11 is 1.84. The number of fused-ring (bicyclic) bond motifs is 3. The van der Waals surface area contributed by atoms with Crippen molar-refractivity contribution in [2.45, 2.75) is 32.2 Å². The minimum Gasteiger partial charge on any atom is -0.396 e. The van der Waals surface area contributed by atoms with Crippen LogP contribution in [0.25, 0.3) is 10.2 Å². The maximum Gasteiger partial charge on any atom is 0.187 e. The normalized spacial score (nSPS) is 18.2. The summed E-state index contributed by atoms with van der Waals surface area (Å²) in [5, 5.41) is 13.7. The van der Waals surface area contributed by atoms with Gasteiger partial charge in [-0.15, -0.1) is 11.3 Å². The Labute approximate surface area is 145 Å². The molecule has 2 aromatic rings. The predicted molar refractivity (Wildman–Crippen MR) is 94.9 cm³/mol. The van der Waals surface area contributed by atoms with Gasteiger partial charge >= 0.3 is 0 Å². The molecule has 2 aromatic heterocycles. The molecule has 1 aliphatic carbocycles. The van der Waals surface area contributed by atoms with Crippen molar-refractivity contribution in [2.24, 2.45) is 0 Å². The van der Waals surface area contributed by atoms with Gasteiger partial charge in [-0.2, -0.15) is 0 Å². The fourth-order valence-corrected chi connectivity index (χ4v) is 4.87. The highest BCUT2D eigenvalue weighted by Gasteiger charge is 2.23. The number of aryl methyl sites for hydroxylation is 2. The third-order valence-corrected chi connectivity index (χ3v) is 6.03. The van der Waals surface area contributed by atoms with Crippen LogP contribution in [-0.2, 0) is 24.1 Å². The molecular weight excluding hydrogens is 324 g/mol. The summed E-state index contributed by atoms with van der Waals surface area (Å²) in [6, 6.07) is 0. The quantitative estimate of drug-likeness (QED) is 0.658. The summed E-state index contributed by atoms with van der Waals surface area (Å²) in [5.74, 6) is 1.89. The molecule has 0 aromatic carbocycles. The van der Waals surface area contributed by atoms with Crippen molar-refractivity contribution in [1.82, 2.24) is 9.97 Å². The van der Waals surface area contributed by atoms with E-state index in [-0.39, 0.29) is 6.61 Å². The first-order valence-corrected chi connectivity index (χ1v) is 9.74. The van der Waals surface area contributed by atoms with Gasteiger partial charge in [-0.1, -0.05) is 0 Å². The number of nitrogens with one attached hydrogen (secondary N) is 2. The second-order valence-corrected chi connectivity index (χ2v) is 7.65. The molecule has 1 fully saturated rings. The van der Waals surface area contributed by atoms with Crippen LogP contribution in [0, 0.1) is 0 Å². The van der Waals surface area contributed by atoms with Crippen molar-refractivity contribution in [2.75, 3.05) is 44.8 Å². The van der Waals surface area contributed by atoms with Gasteiger partial charge in [-0.05, 0) is 31.2 Å². The Morgan fingerprint density at radius 1 is 1.21 bits per heavy atom. The van der Waals surface area contributed by atoms with Crippen LogP contribution in [0.3, 0.4) is 0 Å². The van der Waals surface area contributed by atoms with E-state index >= 15 is 0 Å². The van der Waals surface area contributed by atoms with Crippen LogP contribution in [0.4, 0.5) is 5.82 Å². The van der Waals surface area contributed by atoms with Gasteiger partial charge in [0.25, 0.3) is 0 Å². The van der Waals surface area contributed by atoms with Crippen LogP contribution in [0.15, 0.2) is 0 Å². The number of anilines is 1. The smallest absolute Gasteiger partial charge is 0.187 e. The topological polar surface area (TPSA) is 71.7 Å². The highest BCUT2D eigenvalue weighted by atomic mass is 32.1. The van der Waals surface area contributed by atoms with Crippen LogP contribution in [0.2, 0.25) is 0 Å². The number of thiophene rings is 1. The lowest BCUT2D eigenvalue weighted by Gasteiger charge is -2.23. The predicted octanol–water partition coefficient (Wildman–Crippen LogP) is 0.389. The largest absolute Gasteiger partial charge is 0.396 e. The summed E-state index contributed by atoms with van der Waals surface area (Å²) in [6.45, 7) is 5.51. The van der Waals surface area contributed by atoms with Crippen molar-refractivity contribution in [1.29, 1.82) is 0 Å². The van der Waals surface area contributed by atoms with Gasteiger partial charge < -0.3 is 20.1 Å². The van der Waals surface area contributed by atoms with E-state index in [0.717, 1.165) is 68.7 Å². The van der Waals surface area contributed by atoms with E-state index in [2.05, 4.69) is 5.32 Å². The van der Waals surface area contributed by atoms with Crippen molar-refractivity contribution >= 4 is 27.4 Å². The molecule has 0 radical (unpaired) electrons. The first-order valence-electron chi connectivity index (χ1n) is 8.92. The van der Waals surface area contributed by atoms with Crippen LogP contribution >= 0.6 is 11.3 Å². The Hall–Kier alpha value is -1.28. The Bertz CT molecular complexity index is 712. The first kappa shape index (κ1) is 16.2. The standard InChI is InChI=1S/C17H24N4O2S/c22-8-2-5-18-16-15-12-3-1-4-13(12)24-17(15)20-14(19-16)11-21-6-9-23-10-7-21/h22H,1-11H2,(H,18,19,20)/p+1. The van der Waals surface area contributed by atoms with Crippen LogP contribution < -0.4 is 10.2 Å². The highest BCUT2D eigenvalue weighted by molar-refractivity contribution is 7.19. The SMILES string of the molecule is OCCCNc1nc(C[NH+]2CCOCC2)nc2sc3c(c12)CCC3. The second kappa shape index (κ2) is 7.31. The number of quaternary nitrogens is 1. The molecule has 7 heteroatoms. The van der Waals surface area contributed by atoms with Crippen molar-refractivity contribution < 1.29 is 14.7 Å². The second-order valence-electron chi connectivity index (χ2n) is 6.57. The van der Waals surface area contributed by atoms with E-state index in [1.54, 1.807) is 0 Å². The fourth-order valence-electron chi connectivity index (χ4n) is 3.59. The molecule has 4 rings (SSSR count). The summed E-state index contributed by atoms with van der Waals surface area (Å²) in [6.07, 6.45) is 4.30. The lowest BCUT2D eigenvalue weighted by Crippen LogP contribution is -3.12. The molecule has 130 valence electrons. The lowest BCUT2D eigenvalue weighted by molar-refractivity contribution is -0.922. The molecule has 24 heavy (non-hydrogen) atoms. The number of hydrogen-bond acceptors (Lipinski definition) is 6. The van der Waals surface area contributed by atoms with E-state index in [1.165, 1.54) is 33.6 Å². The molecule has 0 amide bonds. The number of morpholine rings is 1. The number of aromatic nitrogens is 2. The molecule has 6 nitrogen and oxygen atoms in total. The fraction of sp³-hybridized carbons (Fsp3) is 0.647. The zero-order chi connectivity index (χ0) is 16.4. The number of ether oxygens (including phenoxy) is 1. The van der Waals surface area contributed by atoms with E-state index in [4.69, 9.17) is 19.8 Å². The van der Waals surface area contributed by atoms with E-state index in [9.17, 15) is 0 Å². The molecule has 1 saturated heterocycles. The van der Waals surface area contributed by atoms with Crippen LogP contribution in [0.5, 0.6) is 0 Å². The third-order valence-electron chi connectivity index (χ3n) is 4.85. The van der Waals surface area contributed by atoms with Gasteiger partial charge in [0, 0.05) is 18.0 Å². The minimum absolute atomic E-state index is 0.202. The van der Waals surface area contributed by atoms with Crippen molar-refractivity contribution in [3.05, 3.63) is 16.3 Å². The maximum absolute atomic E-state index is 9.06. The number of hydrogen-bond donors (Lipinski definition) is 3. The van der Waals surface area contributed by atoms with Gasteiger partial charge in [0.05, 0.1) is 18.6 Å². The third kappa shape index (κ3) is 3.26. The number of aliphatic hydroxyl groups excluding tert-OH is 1. The summed E-state index contributed by atoms with van der Waals surface area (Å²) in [7, 11) is 0. The number of rotatable bonds is 6. The Morgan fingerprint density at radius 2 is 2.08 bits per heavy atom. The van der Waals surface area contributed by atoms with Crippen LogP contribution in [-0.4, -0.2) is 54.5 Å². The average molecular weight is 349 g/mol. The zero-order valence-corrected chi connectivity index (χ0v) is 14.8. The van der Waals surface area contributed by atoms with Gasteiger partial charge in [0.15, 0.2) is 5.82 Å². The van der Waals surface area contributed by atoms with Crippen molar-refractivity contribution in [3.63, 3.8) is 0 Å². The average Bonchev–Trinajstić information content (AvgIpc) is 3.16. The lowest BCUT2D eigenvalue weighted by atomic mass is 10.2. The van der Waals surface area contributed by atoms with Gasteiger partial charge in [-0.25, -0.2) is 9.97 Å². The van der Waals surface area contributed by atoms with E-state index in [1.807, 2.05) is 11.3 Å². The Morgan fingerprint density at radius 3 is 2.92 bits per heavy atom. The molecule has 0 saturated carbocycles. The molecule has 1 aliphatic heterocycles. The van der Waals surface area contributed by atoms with Gasteiger partial charge in [0.1, 0.15) is 30.3 Å². The van der Waals surface area contributed by atoms with E-state index < -0.39 is 0 Å². The van der Waals surface area contributed by atoms with Crippen molar-refractivity contribution in [3.8, 4) is 0 Å².